The highest BCUT2D eigenvalue weighted by molar-refractivity contribution is 6.36. The molecule has 1 unspecified atom stereocenters. The van der Waals surface area contributed by atoms with Crippen molar-refractivity contribution in [2.45, 2.75) is 19.4 Å². The second-order valence-electron chi connectivity index (χ2n) is 4.72. The second-order valence-corrected chi connectivity index (χ2v) is 5.92. The van der Waals surface area contributed by atoms with Crippen LogP contribution in [0.4, 0.5) is 0 Å². The predicted molar refractivity (Wildman–Crippen MR) is 88.2 cm³/mol. The average molecular weight is 329 g/mol. The molecule has 2 aromatic rings. The summed E-state index contributed by atoms with van der Waals surface area (Å²) in [6.07, 6.45) is 0.693. The van der Waals surface area contributed by atoms with Gasteiger partial charge in [0.2, 0.25) is 0 Å². The molecule has 20 heavy (non-hydrogen) atoms. The van der Waals surface area contributed by atoms with Gasteiger partial charge >= 0.3 is 0 Å². The molecule has 0 spiro atoms. The van der Waals surface area contributed by atoms with E-state index in [4.69, 9.17) is 34.8 Å². The van der Waals surface area contributed by atoms with Crippen molar-refractivity contribution in [3.8, 4) is 0 Å². The average Bonchev–Trinajstić information content (AvgIpc) is 2.42. The summed E-state index contributed by atoms with van der Waals surface area (Å²) in [6.45, 7) is 2.00. The number of halogens is 3. The van der Waals surface area contributed by atoms with Crippen molar-refractivity contribution in [3.63, 3.8) is 0 Å². The van der Waals surface area contributed by atoms with E-state index in [0.717, 1.165) is 21.7 Å². The van der Waals surface area contributed by atoms with Gasteiger partial charge in [0.25, 0.3) is 0 Å². The molecule has 0 saturated heterocycles. The molecule has 0 aliphatic heterocycles. The van der Waals surface area contributed by atoms with Crippen LogP contribution in [0.2, 0.25) is 15.1 Å². The maximum Gasteiger partial charge on any atom is 0.0483 e. The highest BCUT2D eigenvalue weighted by atomic mass is 35.5. The third kappa shape index (κ3) is 3.29. The molecule has 0 heterocycles. The molecule has 2 aromatic carbocycles. The fourth-order valence-electron chi connectivity index (χ4n) is 2.24. The molecule has 0 aliphatic rings. The fraction of sp³-hybridized carbons (Fsp3) is 0.250. The molecular weight excluding hydrogens is 313 g/mol. The maximum absolute atomic E-state index is 6.41. The number of hydrogen-bond donors (Lipinski definition) is 1. The smallest absolute Gasteiger partial charge is 0.0483 e. The van der Waals surface area contributed by atoms with Crippen molar-refractivity contribution in [3.05, 3.63) is 68.2 Å². The lowest BCUT2D eigenvalue weighted by atomic mass is 9.97. The number of aryl methyl sites for hydroxylation is 1. The Bertz CT molecular complexity index is 590. The highest BCUT2D eigenvalue weighted by Crippen LogP contribution is 2.32. The topological polar surface area (TPSA) is 12.0 Å². The van der Waals surface area contributed by atoms with Crippen LogP contribution in [0.1, 0.15) is 22.7 Å². The van der Waals surface area contributed by atoms with Gasteiger partial charge in [0, 0.05) is 21.1 Å². The highest BCUT2D eigenvalue weighted by Gasteiger charge is 2.17. The first kappa shape index (κ1) is 15.7. The largest absolute Gasteiger partial charge is 0.313 e. The minimum Gasteiger partial charge on any atom is -0.313 e. The van der Waals surface area contributed by atoms with Gasteiger partial charge in [-0.3, -0.25) is 0 Å². The molecule has 1 nitrogen and oxygen atoms in total. The molecule has 1 atom stereocenters. The van der Waals surface area contributed by atoms with Gasteiger partial charge in [-0.05, 0) is 49.2 Å². The van der Waals surface area contributed by atoms with Crippen molar-refractivity contribution in [2.75, 3.05) is 7.05 Å². The zero-order valence-electron chi connectivity index (χ0n) is 11.4. The van der Waals surface area contributed by atoms with Gasteiger partial charge in [0.1, 0.15) is 0 Å². The van der Waals surface area contributed by atoms with E-state index in [1.54, 1.807) is 0 Å². The van der Waals surface area contributed by atoms with Crippen LogP contribution in [-0.2, 0) is 6.42 Å². The SMILES string of the molecule is CNC(Cc1c(Cl)cccc1Cl)c1cccc(C)c1Cl. The Morgan fingerprint density at radius 2 is 1.60 bits per heavy atom. The first-order valence-electron chi connectivity index (χ1n) is 6.39. The van der Waals surface area contributed by atoms with Gasteiger partial charge in [0.05, 0.1) is 0 Å². The summed E-state index contributed by atoms with van der Waals surface area (Å²) < 4.78 is 0. The molecular formula is C16H16Cl3N. The van der Waals surface area contributed by atoms with Crippen LogP contribution < -0.4 is 5.32 Å². The molecule has 4 heteroatoms. The van der Waals surface area contributed by atoms with E-state index in [9.17, 15) is 0 Å². The van der Waals surface area contributed by atoms with Crippen LogP contribution in [0.25, 0.3) is 0 Å². The minimum absolute atomic E-state index is 0.0693. The fourth-order valence-corrected chi connectivity index (χ4v) is 3.05. The van der Waals surface area contributed by atoms with Crippen LogP contribution in [0, 0.1) is 6.92 Å². The summed E-state index contributed by atoms with van der Waals surface area (Å²) in [5.74, 6) is 0. The number of hydrogen-bond acceptors (Lipinski definition) is 1. The Morgan fingerprint density at radius 3 is 2.20 bits per heavy atom. The summed E-state index contributed by atoms with van der Waals surface area (Å²) in [7, 11) is 1.91. The molecule has 0 aliphatic carbocycles. The lowest BCUT2D eigenvalue weighted by Gasteiger charge is -2.20. The van der Waals surface area contributed by atoms with Crippen molar-refractivity contribution in [1.29, 1.82) is 0 Å². The third-order valence-electron chi connectivity index (χ3n) is 3.42. The van der Waals surface area contributed by atoms with Crippen molar-refractivity contribution in [1.82, 2.24) is 5.32 Å². The third-order valence-corrected chi connectivity index (χ3v) is 4.64. The zero-order valence-corrected chi connectivity index (χ0v) is 13.7. The second kappa shape index (κ2) is 6.82. The number of likely N-dealkylation sites (N-methyl/N-ethyl adjacent to an activating group) is 1. The van der Waals surface area contributed by atoms with Crippen LogP contribution >= 0.6 is 34.8 Å². The minimum atomic E-state index is 0.0693. The van der Waals surface area contributed by atoms with Crippen molar-refractivity contribution in [2.24, 2.45) is 0 Å². The lowest BCUT2D eigenvalue weighted by Crippen LogP contribution is -2.19. The van der Waals surface area contributed by atoms with E-state index in [1.165, 1.54) is 0 Å². The molecule has 1 N–H and O–H groups in total. The van der Waals surface area contributed by atoms with Crippen LogP contribution in [0.15, 0.2) is 36.4 Å². The van der Waals surface area contributed by atoms with Gasteiger partial charge in [0.15, 0.2) is 0 Å². The van der Waals surface area contributed by atoms with Gasteiger partial charge in [-0.2, -0.15) is 0 Å². The number of rotatable bonds is 4. The normalized spacial score (nSPS) is 12.4. The van der Waals surface area contributed by atoms with Gasteiger partial charge in [-0.25, -0.2) is 0 Å². The van der Waals surface area contributed by atoms with E-state index >= 15 is 0 Å². The van der Waals surface area contributed by atoms with E-state index in [-0.39, 0.29) is 6.04 Å². The lowest BCUT2D eigenvalue weighted by molar-refractivity contribution is 0.592. The molecule has 0 fully saturated rings. The predicted octanol–water partition coefficient (Wildman–Crippen LogP) is 5.46. The van der Waals surface area contributed by atoms with E-state index in [1.807, 2.05) is 50.4 Å². The molecule has 0 saturated carbocycles. The summed E-state index contributed by atoms with van der Waals surface area (Å²) in [4.78, 5) is 0. The van der Waals surface area contributed by atoms with Crippen molar-refractivity contribution < 1.29 is 0 Å². The Labute approximate surface area is 134 Å². The Morgan fingerprint density at radius 1 is 1.00 bits per heavy atom. The van der Waals surface area contributed by atoms with E-state index in [0.29, 0.717) is 16.5 Å². The summed E-state index contributed by atoms with van der Waals surface area (Å²) in [5.41, 5.74) is 3.06. The number of benzene rings is 2. The Balaban J connectivity index is 2.37. The Kier molecular flexibility index (Phi) is 5.34. The first-order chi connectivity index (χ1) is 9.54. The van der Waals surface area contributed by atoms with Gasteiger partial charge in [-0.1, -0.05) is 59.1 Å². The van der Waals surface area contributed by atoms with Crippen LogP contribution in [-0.4, -0.2) is 7.05 Å². The molecule has 0 radical (unpaired) electrons. The van der Waals surface area contributed by atoms with Gasteiger partial charge in [-0.15, -0.1) is 0 Å². The first-order valence-corrected chi connectivity index (χ1v) is 7.53. The zero-order chi connectivity index (χ0) is 14.7. The summed E-state index contributed by atoms with van der Waals surface area (Å²) >= 11 is 18.9. The Hall–Kier alpha value is -0.730. The van der Waals surface area contributed by atoms with Crippen LogP contribution in [0.3, 0.4) is 0 Å². The molecule has 0 aromatic heterocycles. The van der Waals surface area contributed by atoms with Crippen molar-refractivity contribution >= 4 is 34.8 Å². The maximum atomic E-state index is 6.41. The van der Waals surface area contributed by atoms with Gasteiger partial charge < -0.3 is 5.32 Å². The molecule has 0 bridgehead atoms. The summed E-state index contributed by atoms with van der Waals surface area (Å²) in [6, 6.07) is 11.7. The monoisotopic (exact) mass is 327 g/mol. The van der Waals surface area contributed by atoms with E-state index < -0.39 is 0 Å². The summed E-state index contributed by atoms with van der Waals surface area (Å²) in [5, 5.41) is 5.44. The molecule has 2 rings (SSSR count). The number of nitrogens with one attached hydrogen (secondary N) is 1. The van der Waals surface area contributed by atoms with E-state index in [2.05, 4.69) is 5.32 Å². The standard InChI is InChI=1S/C16H16Cl3N/c1-10-5-3-6-11(16(10)19)15(20-2)9-12-13(17)7-4-8-14(12)18/h3-8,15,20H,9H2,1-2H3. The van der Waals surface area contributed by atoms with Crippen LogP contribution in [0.5, 0.6) is 0 Å². The molecule has 106 valence electrons. The quantitative estimate of drug-likeness (QED) is 0.786. The molecule has 0 amide bonds.